The lowest BCUT2D eigenvalue weighted by Gasteiger charge is -2.25. The van der Waals surface area contributed by atoms with Gasteiger partial charge >= 0.3 is 0 Å². The van der Waals surface area contributed by atoms with Crippen LogP contribution in [0.3, 0.4) is 0 Å². The molecule has 2 amide bonds. The minimum atomic E-state index is -3.58. The lowest BCUT2D eigenvalue weighted by atomic mass is 10.2. The monoisotopic (exact) mass is 494 g/mol. The van der Waals surface area contributed by atoms with Crippen LogP contribution in [0.2, 0.25) is 0 Å². The molecule has 3 heterocycles. The van der Waals surface area contributed by atoms with E-state index in [1.54, 1.807) is 13.0 Å². The van der Waals surface area contributed by atoms with Gasteiger partial charge in [0.05, 0.1) is 21.9 Å². The Labute approximate surface area is 203 Å². The summed E-state index contributed by atoms with van der Waals surface area (Å²) in [6.07, 6.45) is 4.74. The molecule has 0 bridgehead atoms. The summed E-state index contributed by atoms with van der Waals surface area (Å²) in [6, 6.07) is 7.64. The maximum atomic E-state index is 13.0. The highest BCUT2D eigenvalue weighted by Gasteiger charge is 2.30. The van der Waals surface area contributed by atoms with Crippen molar-refractivity contribution in [2.75, 3.05) is 18.4 Å². The first-order valence-corrected chi connectivity index (χ1v) is 13.1. The molecular weight excluding hydrogens is 468 g/mol. The van der Waals surface area contributed by atoms with Crippen molar-refractivity contribution in [1.82, 2.24) is 14.1 Å². The van der Waals surface area contributed by atoms with Crippen LogP contribution >= 0.6 is 0 Å². The lowest BCUT2D eigenvalue weighted by Crippen LogP contribution is -2.35. The second kappa shape index (κ2) is 8.97. The maximum Gasteiger partial charge on any atom is 0.281 e. The summed E-state index contributed by atoms with van der Waals surface area (Å²) in [5.74, 6) is -0.254. The molecule has 3 aliphatic rings. The molecule has 35 heavy (non-hydrogen) atoms. The van der Waals surface area contributed by atoms with Crippen molar-refractivity contribution < 1.29 is 18.0 Å². The zero-order chi connectivity index (χ0) is 24.7. The first kappa shape index (κ1) is 23.3. The van der Waals surface area contributed by atoms with Crippen molar-refractivity contribution in [3.63, 3.8) is 0 Å². The van der Waals surface area contributed by atoms with Crippen molar-refractivity contribution >= 4 is 39.3 Å². The Balaban J connectivity index is 1.39. The van der Waals surface area contributed by atoms with Gasteiger partial charge in [0.2, 0.25) is 10.0 Å². The number of benzene rings is 1. The summed E-state index contributed by atoms with van der Waals surface area (Å²) in [5.41, 5.74) is 1.73. The molecule has 1 N–H and O–H groups in total. The molecular formula is C24H26N6O4S. The zero-order valence-corrected chi connectivity index (χ0v) is 20.2. The van der Waals surface area contributed by atoms with Gasteiger partial charge in [-0.05, 0) is 56.9 Å². The molecule has 2 aromatic rings. The number of rotatable bonds is 5. The maximum absolute atomic E-state index is 13.0. The Kier molecular flexibility index (Phi) is 5.97. The predicted octanol–water partition coefficient (Wildman–Crippen LogP) is 2.95. The van der Waals surface area contributed by atoms with Gasteiger partial charge in [-0.3, -0.25) is 9.59 Å². The van der Waals surface area contributed by atoms with Gasteiger partial charge in [0, 0.05) is 30.6 Å². The van der Waals surface area contributed by atoms with Gasteiger partial charge in [0.25, 0.3) is 17.8 Å². The average molecular weight is 495 g/mol. The first-order chi connectivity index (χ1) is 16.7. The van der Waals surface area contributed by atoms with E-state index in [0.29, 0.717) is 30.5 Å². The molecule has 0 unspecified atom stereocenters. The summed E-state index contributed by atoms with van der Waals surface area (Å²) in [7, 11) is -3.58. The quantitative estimate of drug-likeness (QED) is 0.640. The summed E-state index contributed by atoms with van der Waals surface area (Å²) in [6.45, 7) is 6.37. The number of aromatic nitrogens is 2. The van der Waals surface area contributed by atoms with E-state index in [4.69, 9.17) is 0 Å². The van der Waals surface area contributed by atoms with E-state index in [9.17, 15) is 18.0 Å². The highest BCUT2D eigenvalue weighted by atomic mass is 32.2. The summed E-state index contributed by atoms with van der Waals surface area (Å²) in [4.78, 5) is 33.7. The molecule has 2 aliphatic heterocycles. The Bertz CT molecular complexity index is 1380. The molecule has 0 radical (unpaired) electrons. The molecule has 1 saturated carbocycles. The summed E-state index contributed by atoms with van der Waals surface area (Å²) >= 11 is 0. The Morgan fingerprint density at radius 2 is 1.77 bits per heavy atom. The van der Waals surface area contributed by atoms with Gasteiger partial charge in [-0.2, -0.15) is 19.1 Å². The summed E-state index contributed by atoms with van der Waals surface area (Å²) < 4.78 is 28.6. The molecule has 2 fully saturated rings. The Hall–Kier alpha value is -3.44. The van der Waals surface area contributed by atoms with Crippen LogP contribution in [0.4, 0.5) is 5.82 Å². The number of sulfonamides is 1. The van der Waals surface area contributed by atoms with E-state index >= 15 is 0 Å². The molecule has 0 spiro atoms. The van der Waals surface area contributed by atoms with Crippen molar-refractivity contribution in [2.45, 2.75) is 49.8 Å². The molecule has 1 aromatic heterocycles. The largest absolute Gasteiger partial charge is 0.306 e. The van der Waals surface area contributed by atoms with E-state index < -0.39 is 21.8 Å². The molecule has 10 nitrogen and oxygen atoms in total. The topological polar surface area (TPSA) is 126 Å². The van der Waals surface area contributed by atoms with E-state index in [0.717, 1.165) is 37.8 Å². The van der Waals surface area contributed by atoms with E-state index in [1.807, 2.05) is 0 Å². The van der Waals surface area contributed by atoms with Crippen LogP contribution in [-0.4, -0.2) is 59.1 Å². The SMILES string of the molecule is C=C1C(=O)N=C(n2nc(C3CC3)cc2NC(=O)c2ccc(S(=O)(=O)N3CCCCC3)cc2)N=C1C. The Morgan fingerprint density at radius 3 is 2.40 bits per heavy atom. The number of hydrogen-bond donors (Lipinski definition) is 1. The molecule has 182 valence electrons. The third kappa shape index (κ3) is 4.61. The average Bonchev–Trinajstić information content (AvgIpc) is 3.63. The normalized spacial score (nSPS) is 19.3. The number of piperidine rings is 1. The van der Waals surface area contributed by atoms with Crippen LogP contribution in [0, 0.1) is 0 Å². The molecule has 11 heteroatoms. The van der Waals surface area contributed by atoms with Crippen molar-refractivity contribution in [3.8, 4) is 0 Å². The van der Waals surface area contributed by atoms with Crippen LogP contribution in [-0.2, 0) is 14.8 Å². The van der Waals surface area contributed by atoms with Crippen LogP contribution in [0.5, 0.6) is 0 Å². The van der Waals surface area contributed by atoms with Crippen molar-refractivity contribution in [3.05, 3.63) is 53.7 Å². The first-order valence-electron chi connectivity index (χ1n) is 11.6. The van der Waals surface area contributed by atoms with Gasteiger partial charge in [-0.15, -0.1) is 0 Å². The van der Waals surface area contributed by atoms with Gasteiger partial charge < -0.3 is 5.32 Å². The highest BCUT2D eigenvalue weighted by Crippen LogP contribution is 2.40. The minimum Gasteiger partial charge on any atom is -0.306 e. The second-order valence-electron chi connectivity index (χ2n) is 8.98. The Morgan fingerprint density at radius 1 is 1.09 bits per heavy atom. The number of nitrogens with one attached hydrogen (secondary N) is 1. The fraction of sp³-hybridized carbons (Fsp3) is 0.375. The van der Waals surface area contributed by atoms with E-state index in [1.165, 1.54) is 33.3 Å². The number of nitrogens with zero attached hydrogens (tertiary/aromatic N) is 5. The number of hydrogen-bond acceptors (Lipinski definition) is 6. The standard InChI is InChI=1S/C24H26N6O4S/c1-15-16(2)25-24(27-22(15)31)30-21(14-20(28-30)17-6-7-17)26-23(32)18-8-10-19(11-9-18)35(33,34)29-12-4-3-5-13-29/h8-11,14,17H,1,3-7,12-13H2,2H3,(H,26,32). The fourth-order valence-corrected chi connectivity index (χ4v) is 5.61. The van der Waals surface area contributed by atoms with Gasteiger partial charge in [-0.25, -0.2) is 13.4 Å². The zero-order valence-electron chi connectivity index (χ0n) is 19.4. The van der Waals surface area contributed by atoms with Gasteiger partial charge in [0.1, 0.15) is 5.82 Å². The van der Waals surface area contributed by atoms with Crippen molar-refractivity contribution in [2.24, 2.45) is 9.98 Å². The molecule has 0 atom stereocenters. The van der Waals surface area contributed by atoms with Crippen LogP contribution in [0.25, 0.3) is 0 Å². The molecule has 1 saturated heterocycles. The highest BCUT2D eigenvalue weighted by molar-refractivity contribution is 7.89. The van der Waals surface area contributed by atoms with Crippen LogP contribution in [0.1, 0.15) is 61.0 Å². The van der Waals surface area contributed by atoms with Crippen LogP contribution < -0.4 is 5.32 Å². The molecule has 5 rings (SSSR count). The van der Waals surface area contributed by atoms with Gasteiger partial charge in [0.15, 0.2) is 0 Å². The number of carbonyl (C=O) groups excluding carboxylic acids is 2. The number of amides is 2. The number of aliphatic imine (C=N–C) groups is 2. The third-order valence-electron chi connectivity index (χ3n) is 6.39. The number of anilines is 1. The minimum absolute atomic E-state index is 0.0603. The molecule has 1 aliphatic carbocycles. The predicted molar refractivity (Wildman–Crippen MR) is 131 cm³/mol. The smallest absolute Gasteiger partial charge is 0.281 e. The fourth-order valence-electron chi connectivity index (χ4n) is 4.09. The molecule has 1 aromatic carbocycles. The summed E-state index contributed by atoms with van der Waals surface area (Å²) in [5, 5.41) is 7.34. The van der Waals surface area contributed by atoms with Gasteiger partial charge in [-0.1, -0.05) is 13.0 Å². The van der Waals surface area contributed by atoms with Crippen LogP contribution in [0.15, 0.2) is 57.4 Å². The van der Waals surface area contributed by atoms with E-state index in [2.05, 4.69) is 27.0 Å². The third-order valence-corrected chi connectivity index (χ3v) is 8.30. The lowest BCUT2D eigenvalue weighted by molar-refractivity contribution is -0.113. The second-order valence-corrected chi connectivity index (χ2v) is 10.9. The van der Waals surface area contributed by atoms with E-state index in [-0.39, 0.29) is 22.0 Å². The van der Waals surface area contributed by atoms with Crippen molar-refractivity contribution in [1.29, 1.82) is 0 Å². The number of carbonyl (C=O) groups is 2.